The third-order valence-electron chi connectivity index (χ3n) is 6.19. The minimum Gasteiger partial charge on any atom is -0.278 e. The molecule has 31 heavy (non-hydrogen) atoms. The molecule has 2 aliphatic rings. The summed E-state index contributed by atoms with van der Waals surface area (Å²) in [7, 11) is -3.84. The SMILES string of the molecule is Cc1ccc(CN2C(=O)C3CCCCC3C2=O)cc1S(=O)(=O)NCc1ccc(F)cc1. The lowest BCUT2D eigenvalue weighted by molar-refractivity contribution is -0.140. The Morgan fingerprint density at radius 2 is 1.55 bits per heavy atom. The van der Waals surface area contributed by atoms with E-state index in [-0.39, 0.29) is 47.5 Å². The molecule has 164 valence electrons. The zero-order valence-corrected chi connectivity index (χ0v) is 18.1. The summed E-state index contributed by atoms with van der Waals surface area (Å²) >= 11 is 0. The molecule has 1 heterocycles. The number of carbonyl (C=O) groups excluding carboxylic acids is 2. The molecule has 6 nitrogen and oxygen atoms in total. The highest BCUT2D eigenvalue weighted by atomic mass is 32.2. The van der Waals surface area contributed by atoms with Crippen LogP contribution in [0.2, 0.25) is 0 Å². The second kappa shape index (κ2) is 8.51. The summed E-state index contributed by atoms with van der Waals surface area (Å²) in [4.78, 5) is 26.9. The molecule has 0 spiro atoms. The summed E-state index contributed by atoms with van der Waals surface area (Å²) in [6.45, 7) is 1.79. The third kappa shape index (κ3) is 4.41. The van der Waals surface area contributed by atoms with Gasteiger partial charge in [-0.05, 0) is 54.7 Å². The number of aryl methyl sites for hydroxylation is 1. The molecule has 0 aromatic heterocycles. The van der Waals surface area contributed by atoms with Crippen LogP contribution in [0.4, 0.5) is 4.39 Å². The summed E-state index contributed by atoms with van der Waals surface area (Å²) in [5.74, 6) is -1.14. The lowest BCUT2D eigenvalue weighted by atomic mass is 9.81. The molecule has 2 atom stereocenters. The number of nitrogens with one attached hydrogen (secondary N) is 1. The fraction of sp³-hybridized carbons (Fsp3) is 0.391. The maximum atomic E-state index is 13.1. The van der Waals surface area contributed by atoms with E-state index in [1.54, 1.807) is 19.1 Å². The topological polar surface area (TPSA) is 83.6 Å². The number of halogens is 1. The number of hydrogen-bond acceptors (Lipinski definition) is 4. The van der Waals surface area contributed by atoms with Gasteiger partial charge in [0.1, 0.15) is 5.82 Å². The second-order valence-electron chi connectivity index (χ2n) is 8.31. The molecule has 1 saturated carbocycles. The van der Waals surface area contributed by atoms with E-state index in [4.69, 9.17) is 0 Å². The van der Waals surface area contributed by atoms with Crippen LogP contribution in [0.1, 0.15) is 42.4 Å². The minimum absolute atomic E-state index is 0.0265. The third-order valence-corrected chi connectivity index (χ3v) is 7.74. The molecule has 2 fully saturated rings. The Labute approximate surface area is 181 Å². The molecule has 2 aromatic carbocycles. The highest BCUT2D eigenvalue weighted by Gasteiger charge is 2.47. The Bertz CT molecular complexity index is 1090. The van der Waals surface area contributed by atoms with Gasteiger partial charge in [-0.2, -0.15) is 0 Å². The Balaban J connectivity index is 1.52. The molecule has 1 N–H and O–H groups in total. The molecular weight excluding hydrogens is 419 g/mol. The molecule has 0 radical (unpaired) electrons. The first-order valence-corrected chi connectivity index (χ1v) is 11.9. The van der Waals surface area contributed by atoms with Crippen LogP contribution in [-0.4, -0.2) is 25.1 Å². The van der Waals surface area contributed by atoms with Crippen LogP contribution in [0.5, 0.6) is 0 Å². The van der Waals surface area contributed by atoms with E-state index in [2.05, 4.69) is 4.72 Å². The molecule has 2 amide bonds. The first kappa shape index (κ1) is 21.6. The number of benzene rings is 2. The van der Waals surface area contributed by atoms with Crippen LogP contribution >= 0.6 is 0 Å². The molecule has 1 aliphatic heterocycles. The van der Waals surface area contributed by atoms with E-state index in [0.29, 0.717) is 16.7 Å². The van der Waals surface area contributed by atoms with Crippen molar-refractivity contribution < 1.29 is 22.4 Å². The Hall–Kier alpha value is -2.58. The first-order valence-electron chi connectivity index (χ1n) is 10.4. The molecular formula is C23H25FN2O4S. The van der Waals surface area contributed by atoms with Crippen molar-refractivity contribution in [1.82, 2.24) is 9.62 Å². The molecule has 2 unspecified atom stereocenters. The maximum absolute atomic E-state index is 13.1. The van der Waals surface area contributed by atoms with Crippen molar-refractivity contribution in [1.29, 1.82) is 0 Å². The van der Waals surface area contributed by atoms with Crippen LogP contribution in [0, 0.1) is 24.6 Å². The monoisotopic (exact) mass is 444 g/mol. The van der Waals surface area contributed by atoms with Gasteiger partial charge in [0.25, 0.3) is 0 Å². The molecule has 4 rings (SSSR count). The van der Waals surface area contributed by atoms with Crippen LogP contribution < -0.4 is 4.72 Å². The second-order valence-corrected chi connectivity index (χ2v) is 10.0. The smallest absolute Gasteiger partial charge is 0.241 e. The average Bonchev–Trinajstić information content (AvgIpc) is 2.99. The summed E-state index contributed by atoms with van der Waals surface area (Å²) in [5.41, 5.74) is 1.78. The summed E-state index contributed by atoms with van der Waals surface area (Å²) < 4.78 is 41.4. The van der Waals surface area contributed by atoms with Gasteiger partial charge in [0.05, 0.1) is 23.3 Å². The Morgan fingerprint density at radius 1 is 0.968 bits per heavy atom. The van der Waals surface area contributed by atoms with Crippen LogP contribution in [0.3, 0.4) is 0 Å². The Kier molecular flexibility index (Phi) is 5.94. The normalized spacial score (nSPS) is 21.4. The van der Waals surface area contributed by atoms with Gasteiger partial charge >= 0.3 is 0 Å². The van der Waals surface area contributed by atoms with Crippen molar-refractivity contribution >= 4 is 21.8 Å². The summed E-state index contributed by atoms with van der Waals surface area (Å²) in [6.07, 6.45) is 3.40. The van der Waals surface area contributed by atoms with Gasteiger partial charge in [-0.15, -0.1) is 0 Å². The van der Waals surface area contributed by atoms with Gasteiger partial charge in [-0.1, -0.05) is 37.1 Å². The van der Waals surface area contributed by atoms with E-state index in [0.717, 1.165) is 25.7 Å². The van der Waals surface area contributed by atoms with Crippen LogP contribution in [-0.2, 0) is 32.7 Å². The number of sulfonamides is 1. The van der Waals surface area contributed by atoms with Crippen molar-refractivity contribution in [3.63, 3.8) is 0 Å². The average molecular weight is 445 g/mol. The first-order chi connectivity index (χ1) is 14.8. The van der Waals surface area contributed by atoms with Crippen molar-refractivity contribution in [3.8, 4) is 0 Å². The van der Waals surface area contributed by atoms with Crippen LogP contribution in [0.15, 0.2) is 47.4 Å². The van der Waals surface area contributed by atoms with Gasteiger partial charge in [-0.3, -0.25) is 14.5 Å². The van der Waals surface area contributed by atoms with E-state index in [1.807, 2.05) is 0 Å². The predicted molar refractivity (Wildman–Crippen MR) is 113 cm³/mol. The summed E-state index contributed by atoms with van der Waals surface area (Å²) in [6, 6.07) is 10.5. The number of rotatable bonds is 6. The highest BCUT2D eigenvalue weighted by molar-refractivity contribution is 7.89. The van der Waals surface area contributed by atoms with Gasteiger partial charge in [0, 0.05) is 6.54 Å². The zero-order valence-electron chi connectivity index (χ0n) is 17.3. The van der Waals surface area contributed by atoms with Crippen molar-refractivity contribution in [3.05, 3.63) is 65.0 Å². The fourth-order valence-corrected chi connectivity index (χ4v) is 5.77. The Morgan fingerprint density at radius 3 is 2.16 bits per heavy atom. The van der Waals surface area contributed by atoms with Crippen molar-refractivity contribution in [2.45, 2.75) is 50.6 Å². The van der Waals surface area contributed by atoms with E-state index in [9.17, 15) is 22.4 Å². The van der Waals surface area contributed by atoms with E-state index in [1.165, 1.54) is 35.2 Å². The largest absolute Gasteiger partial charge is 0.278 e. The van der Waals surface area contributed by atoms with E-state index < -0.39 is 10.0 Å². The number of amides is 2. The molecule has 8 heteroatoms. The molecule has 2 aromatic rings. The number of nitrogens with zero attached hydrogens (tertiary/aromatic N) is 1. The molecule has 0 bridgehead atoms. The number of fused-ring (bicyclic) bond motifs is 1. The summed E-state index contributed by atoms with van der Waals surface area (Å²) in [5, 5.41) is 0. The highest BCUT2D eigenvalue weighted by Crippen LogP contribution is 2.38. The standard InChI is InChI=1S/C23H25FN2O4S/c1-15-6-7-17(14-26-22(27)19-4-2-3-5-20(19)23(26)28)12-21(15)31(29,30)25-13-16-8-10-18(24)11-9-16/h6-12,19-20,25H,2-5,13-14H2,1H3. The van der Waals surface area contributed by atoms with Gasteiger partial charge in [0.15, 0.2) is 0 Å². The zero-order chi connectivity index (χ0) is 22.2. The number of imide groups is 1. The van der Waals surface area contributed by atoms with Crippen LogP contribution in [0.25, 0.3) is 0 Å². The van der Waals surface area contributed by atoms with Gasteiger partial charge in [0.2, 0.25) is 21.8 Å². The number of likely N-dealkylation sites (tertiary alicyclic amines) is 1. The van der Waals surface area contributed by atoms with Crippen molar-refractivity contribution in [2.24, 2.45) is 11.8 Å². The lowest BCUT2D eigenvalue weighted by Gasteiger charge is -2.19. The lowest BCUT2D eigenvalue weighted by Crippen LogP contribution is -2.30. The van der Waals surface area contributed by atoms with Crippen molar-refractivity contribution in [2.75, 3.05) is 0 Å². The minimum atomic E-state index is -3.84. The maximum Gasteiger partial charge on any atom is 0.241 e. The molecule has 1 saturated heterocycles. The fourth-order valence-electron chi connectivity index (χ4n) is 4.46. The van der Waals surface area contributed by atoms with Gasteiger partial charge < -0.3 is 0 Å². The number of carbonyl (C=O) groups is 2. The van der Waals surface area contributed by atoms with E-state index >= 15 is 0 Å². The predicted octanol–water partition coefficient (Wildman–Crippen LogP) is 3.29. The van der Waals surface area contributed by atoms with Gasteiger partial charge in [-0.25, -0.2) is 17.5 Å². The molecule has 1 aliphatic carbocycles. The quantitative estimate of drug-likeness (QED) is 0.693. The number of hydrogen-bond donors (Lipinski definition) is 1.